The highest BCUT2D eigenvalue weighted by molar-refractivity contribution is 9.10. The molecule has 1 aromatic heterocycles. The van der Waals surface area contributed by atoms with E-state index in [2.05, 4.69) is 21.2 Å². The molecule has 5 heteroatoms. The molecular formula is C13H12BrNO3. The summed E-state index contributed by atoms with van der Waals surface area (Å²) in [6.45, 7) is 1.91. The van der Waals surface area contributed by atoms with Crippen molar-refractivity contribution in [3.8, 4) is 0 Å². The molecule has 0 bridgehead atoms. The van der Waals surface area contributed by atoms with Gasteiger partial charge in [-0.05, 0) is 37.3 Å². The second kappa shape index (κ2) is 5.27. The number of furan rings is 1. The number of carboxylic acids is 1. The predicted molar refractivity (Wildman–Crippen MR) is 71.8 cm³/mol. The van der Waals surface area contributed by atoms with Crippen molar-refractivity contribution in [1.29, 1.82) is 0 Å². The molecule has 0 saturated heterocycles. The highest BCUT2D eigenvalue weighted by atomic mass is 79.9. The molecule has 18 heavy (non-hydrogen) atoms. The normalized spacial score (nSPS) is 12.1. The van der Waals surface area contributed by atoms with E-state index in [9.17, 15) is 4.79 Å². The summed E-state index contributed by atoms with van der Waals surface area (Å²) in [6.07, 6.45) is 1.59. The van der Waals surface area contributed by atoms with Gasteiger partial charge in [0.2, 0.25) is 0 Å². The van der Waals surface area contributed by atoms with Crippen LogP contribution >= 0.6 is 15.9 Å². The minimum absolute atomic E-state index is 0.0979. The maximum absolute atomic E-state index is 11.2. The van der Waals surface area contributed by atoms with Gasteiger partial charge in [-0.3, -0.25) is 0 Å². The average molecular weight is 310 g/mol. The Labute approximate surface area is 113 Å². The van der Waals surface area contributed by atoms with Gasteiger partial charge in [-0.15, -0.1) is 0 Å². The summed E-state index contributed by atoms with van der Waals surface area (Å²) in [4.78, 5) is 11.2. The van der Waals surface area contributed by atoms with Crippen molar-refractivity contribution in [2.75, 3.05) is 5.32 Å². The van der Waals surface area contributed by atoms with Crippen LogP contribution in [0.4, 0.5) is 5.69 Å². The number of anilines is 1. The summed E-state index contributed by atoms with van der Waals surface area (Å²) in [7, 11) is 0. The number of carboxylic acid groups (broad SMARTS) is 1. The molecular weight excluding hydrogens is 298 g/mol. The standard InChI is InChI=1S/C13H12BrNO3/c1-8(12-3-2-6-18-12)15-11-5-4-9(14)7-10(11)13(16)17/h2-8,15H,1H3,(H,16,17). The van der Waals surface area contributed by atoms with E-state index in [1.807, 2.05) is 13.0 Å². The molecule has 0 aliphatic carbocycles. The maximum Gasteiger partial charge on any atom is 0.337 e. The van der Waals surface area contributed by atoms with Gasteiger partial charge in [0.15, 0.2) is 0 Å². The van der Waals surface area contributed by atoms with E-state index in [1.54, 1.807) is 30.5 Å². The molecule has 2 N–H and O–H groups in total. The van der Waals surface area contributed by atoms with Crippen LogP contribution in [0.5, 0.6) is 0 Å². The van der Waals surface area contributed by atoms with Crippen molar-refractivity contribution in [3.05, 3.63) is 52.4 Å². The Morgan fingerprint density at radius 2 is 2.22 bits per heavy atom. The van der Waals surface area contributed by atoms with Gasteiger partial charge in [-0.25, -0.2) is 4.79 Å². The lowest BCUT2D eigenvalue weighted by Crippen LogP contribution is -2.10. The second-order valence-corrected chi connectivity index (χ2v) is 4.79. The highest BCUT2D eigenvalue weighted by Crippen LogP contribution is 2.25. The van der Waals surface area contributed by atoms with Crippen molar-refractivity contribution in [1.82, 2.24) is 0 Å². The zero-order valence-corrected chi connectivity index (χ0v) is 11.3. The summed E-state index contributed by atoms with van der Waals surface area (Å²) in [5.41, 5.74) is 0.789. The quantitative estimate of drug-likeness (QED) is 0.898. The molecule has 0 saturated carbocycles. The van der Waals surface area contributed by atoms with Crippen LogP contribution in [0, 0.1) is 0 Å². The average Bonchev–Trinajstić information content (AvgIpc) is 2.84. The van der Waals surface area contributed by atoms with E-state index in [0.29, 0.717) is 5.69 Å². The lowest BCUT2D eigenvalue weighted by Gasteiger charge is -2.15. The first-order valence-corrected chi connectivity index (χ1v) is 6.20. The van der Waals surface area contributed by atoms with Crippen LogP contribution in [-0.2, 0) is 0 Å². The number of hydrogen-bond acceptors (Lipinski definition) is 3. The molecule has 2 aromatic rings. The molecule has 1 unspecified atom stereocenters. The molecule has 4 nitrogen and oxygen atoms in total. The summed E-state index contributed by atoms with van der Waals surface area (Å²) < 4.78 is 6.00. The van der Waals surface area contributed by atoms with Gasteiger partial charge in [-0.1, -0.05) is 15.9 Å². The molecule has 0 radical (unpaired) electrons. The third-order valence-electron chi connectivity index (χ3n) is 2.55. The van der Waals surface area contributed by atoms with E-state index in [-0.39, 0.29) is 11.6 Å². The van der Waals surface area contributed by atoms with Gasteiger partial charge in [0.1, 0.15) is 5.76 Å². The van der Waals surface area contributed by atoms with E-state index in [4.69, 9.17) is 9.52 Å². The SMILES string of the molecule is CC(Nc1ccc(Br)cc1C(=O)O)c1ccco1. The topological polar surface area (TPSA) is 62.5 Å². The Balaban J connectivity index is 2.26. The smallest absolute Gasteiger partial charge is 0.337 e. The number of aromatic carboxylic acids is 1. The van der Waals surface area contributed by atoms with E-state index in [0.717, 1.165) is 10.2 Å². The van der Waals surface area contributed by atoms with E-state index in [1.165, 1.54) is 0 Å². The molecule has 0 fully saturated rings. The number of rotatable bonds is 4. The zero-order valence-electron chi connectivity index (χ0n) is 9.68. The van der Waals surface area contributed by atoms with Gasteiger partial charge in [-0.2, -0.15) is 0 Å². The molecule has 1 heterocycles. The van der Waals surface area contributed by atoms with Gasteiger partial charge < -0.3 is 14.8 Å². The van der Waals surface area contributed by atoms with Crippen LogP contribution in [0.25, 0.3) is 0 Å². The van der Waals surface area contributed by atoms with Crippen LogP contribution < -0.4 is 5.32 Å². The monoisotopic (exact) mass is 309 g/mol. The Morgan fingerprint density at radius 3 is 2.83 bits per heavy atom. The minimum Gasteiger partial charge on any atom is -0.478 e. The fourth-order valence-electron chi connectivity index (χ4n) is 1.66. The summed E-state index contributed by atoms with van der Waals surface area (Å²) >= 11 is 3.26. The lowest BCUT2D eigenvalue weighted by molar-refractivity contribution is 0.0698. The van der Waals surface area contributed by atoms with Crippen LogP contribution in [0.15, 0.2) is 45.5 Å². The van der Waals surface area contributed by atoms with Crippen molar-refractivity contribution in [2.45, 2.75) is 13.0 Å². The second-order valence-electron chi connectivity index (χ2n) is 3.88. The predicted octanol–water partition coefficient (Wildman–Crippen LogP) is 3.91. The third kappa shape index (κ3) is 2.73. The molecule has 0 aliphatic heterocycles. The molecule has 0 spiro atoms. The summed E-state index contributed by atoms with van der Waals surface area (Å²) in [6, 6.07) is 8.64. The first-order valence-electron chi connectivity index (χ1n) is 5.40. The van der Waals surface area contributed by atoms with Gasteiger partial charge >= 0.3 is 5.97 Å². The third-order valence-corrected chi connectivity index (χ3v) is 3.05. The van der Waals surface area contributed by atoms with Gasteiger partial charge in [0.25, 0.3) is 0 Å². The fraction of sp³-hybridized carbons (Fsp3) is 0.154. The molecule has 0 aliphatic rings. The first kappa shape index (κ1) is 12.7. The summed E-state index contributed by atoms with van der Waals surface area (Å²) in [5, 5.41) is 12.3. The van der Waals surface area contributed by atoms with E-state index < -0.39 is 5.97 Å². The number of halogens is 1. The number of benzene rings is 1. The maximum atomic E-state index is 11.2. The van der Waals surface area contributed by atoms with Crippen molar-refractivity contribution in [3.63, 3.8) is 0 Å². The Morgan fingerprint density at radius 1 is 1.44 bits per heavy atom. The van der Waals surface area contributed by atoms with E-state index >= 15 is 0 Å². The van der Waals surface area contributed by atoms with Gasteiger partial charge in [0, 0.05) is 10.2 Å². The zero-order chi connectivity index (χ0) is 13.1. The Bertz CT molecular complexity index is 551. The van der Waals surface area contributed by atoms with Gasteiger partial charge in [0.05, 0.1) is 17.9 Å². The number of carbonyl (C=O) groups is 1. The largest absolute Gasteiger partial charge is 0.478 e. The molecule has 94 valence electrons. The minimum atomic E-state index is -0.967. The Hall–Kier alpha value is -1.75. The van der Waals surface area contributed by atoms with Crippen LogP contribution in [-0.4, -0.2) is 11.1 Å². The number of nitrogens with one attached hydrogen (secondary N) is 1. The lowest BCUT2D eigenvalue weighted by atomic mass is 10.1. The van der Waals surface area contributed by atoms with Crippen LogP contribution in [0.2, 0.25) is 0 Å². The molecule has 2 rings (SSSR count). The van der Waals surface area contributed by atoms with Crippen molar-refractivity contribution in [2.24, 2.45) is 0 Å². The van der Waals surface area contributed by atoms with Crippen molar-refractivity contribution >= 4 is 27.6 Å². The van der Waals surface area contributed by atoms with Crippen LogP contribution in [0.3, 0.4) is 0 Å². The number of hydrogen-bond donors (Lipinski definition) is 2. The van der Waals surface area contributed by atoms with Crippen LogP contribution in [0.1, 0.15) is 29.1 Å². The Kier molecular flexibility index (Phi) is 3.72. The summed E-state index contributed by atoms with van der Waals surface area (Å²) in [5.74, 6) is -0.209. The highest BCUT2D eigenvalue weighted by Gasteiger charge is 2.14. The molecule has 0 amide bonds. The molecule has 1 atom stereocenters. The fourth-order valence-corrected chi connectivity index (χ4v) is 2.02. The molecule has 1 aromatic carbocycles. The van der Waals surface area contributed by atoms with Crippen molar-refractivity contribution < 1.29 is 14.3 Å². The first-order chi connectivity index (χ1) is 8.58.